The van der Waals surface area contributed by atoms with Crippen molar-refractivity contribution >= 4 is 5.97 Å². The quantitative estimate of drug-likeness (QED) is 0.548. The van der Waals surface area contributed by atoms with Gasteiger partial charge in [-0.05, 0) is 32.6 Å². The van der Waals surface area contributed by atoms with Crippen molar-refractivity contribution in [2.75, 3.05) is 33.4 Å². The van der Waals surface area contributed by atoms with E-state index in [1.54, 1.807) is 6.92 Å². The molecule has 1 fully saturated rings. The third-order valence-corrected chi connectivity index (χ3v) is 3.73. The van der Waals surface area contributed by atoms with Crippen molar-refractivity contribution in [1.82, 2.24) is 5.32 Å². The van der Waals surface area contributed by atoms with Crippen LogP contribution in [0.3, 0.4) is 0 Å². The van der Waals surface area contributed by atoms with E-state index in [1.807, 2.05) is 0 Å². The van der Waals surface area contributed by atoms with Gasteiger partial charge in [-0.15, -0.1) is 0 Å². The largest absolute Gasteiger partial charge is 0.466 e. The van der Waals surface area contributed by atoms with Crippen LogP contribution in [0.15, 0.2) is 0 Å². The smallest absolute Gasteiger partial charge is 0.308 e. The normalized spacial score (nSPS) is 28.1. The van der Waals surface area contributed by atoms with E-state index in [4.69, 9.17) is 9.47 Å². The molecule has 3 N–H and O–H groups in total. The molecule has 1 saturated carbocycles. The lowest BCUT2D eigenvalue weighted by atomic mass is 9.79. The van der Waals surface area contributed by atoms with Gasteiger partial charge in [0.2, 0.25) is 0 Å². The van der Waals surface area contributed by atoms with Gasteiger partial charge >= 0.3 is 5.97 Å². The average molecular weight is 289 g/mol. The Hall–Kier alpha value is -0.690. The summed E-state index contributed by atoms with van der Waals surface area (Å²) in [5.41, 5.74) is -0.796. The molecule has 0 aliphatic heterocycles. The molecule has 0 aromatic rings. The predicted octanol–water partition coefficient (Wildman–Crippen LogP) is 0.0677. The molecule has 0 amide bonds. The van der Waals surface area contributed by atoms with E-state index in [0.717, 1.165) is 0 Å². The van der Waals surface area contributed by atoms with E-state index in [-0.39, 0.29) is 18.5 Å². The molecule has 0 spiro atoms. The Bertz CT molecular complexity index is 289. The molecule has 1 aliphatic rings. The summed E-state index contributed by atoms with van der Waals surface area (Å²) in [6.45, 7) is 3.28. The lowest BCUT2D eigenvalue weighted by Crippen LogP contribution is -2.46. The number of aliphatic hydroxyl groups excluding tert-OH is 1. The summed E-state index contributed by atoms with van der Waals surface area (Å²) >= 11 is 0. The Morgan fingerprint density at radius 2 is 2.10 bits per heavy atom. The van der Waals surface area contributed by atoms with Crippen LogP contribution in [0.4, 0.5) is 0 Å². The molecule has 1 aliphatic carbocycles. The Morgan fingerprint density at radius 3 is 2.65 bits per heavy atom. The second-order valence-electron chi connectivity index (χ2n) is 5.49. The summed E-state index contributed by atoms with van der Waals surface area (Å²) < 4.78 is 9.84. The van der Waals surface area contributed by atoms with Gasteiger partial charge in [0.15, 0.2) is 0 Å². The topological polar surface area (TPSA) is 88.0 Å². The molecule has 0 saturated heterocycles. The van der Waals surface area contributed by atoms with E-state index in [2.05, 4.69) is 5.32 Å². The molecule has 1 rings (SSSR count). The van der Waals surface area contributed by atoms with Gasteiger partial charge in [-0.1, -0.05) is 0 Å². The number of methoxy groups -OCH3 is 1. The number of rotatable bonds is 8. The first kappa shape index (κ1) is 17.4. The van der Waals surface area contributed by atoms with Crippen molar-refractivity contribution in [1.29, 1.82) is 0 Å². The Morgan fingerprint density at radius 1 is 1.45 bits per heavy atom. The first-order chi connectivity index (χ1) is 9.50. The zero-order chi connectivity index (χ0) is 15.0. The molecule has 0 aromatic carbocycles. The van der Waals surface area contributed by atoms with Gasteiger partial charge in [0, 0.05) is 20.2 Å². The van der Waals surface area contributed by atoms with Crippen LogP contribution in [0.5, 0.6) is 0 Å². The summed E-state index contributed by atoms with van der Waals surface area (Å²) in [6.07, 6.45) is 1.88. The highest BCUT2D eigenvalue weighted by atomic mass is 16.5. The fourth-order valence-corrected chi connectivity index (χ4v) is 2.55. The molecule has 0 radical (unpaired) electrons. The fraction of sp³-hybridized carbons (Fsp3) is 0.929. The number of ether oxygens (including phenoxy) is 2. The first-order valence-corrected chi connectivity index (χ1v) is 7.27. The number of hydrogen-bond acceptors (Lipinski definition) is 6. The molecular formula is C14H27NO5. The molecule has 6 heteroatoms. The molecule has 1 atom stereocenters. The number of nitrogens with one attached hydrogen (secondary N) is 1. The van der Waals surface area contributed by atoms with Gasteiger partial charge < -0.3 is 25.0 Å². The van der Waals surface area contributed by atoms with Crippen LogP contribution in [0, 0.1) is 5.92 Å². The molecule has 118 valence electrons. The second-order valence-corrected chi connectivity index (χ2v) is 5.49. The third-order valence-electron chi connectivity index (χ3n) is 3.73. The maximum absolute atomic E-state index is 11.6. The Labute approximate surface area is 120 Å². The van der Waals surface area contributed by atoms with Crippen molar-refractivity contribution in [3.63, 3.8) is 0 Å². The Balaban J connectivity index is 2.26. The number of carbonyl (C=O) groups is 1. The van der Waals surface area contributed by atoms with Gasteiger partial charge in [0.1, 0.15) is 0 Å². The number of aliphatic hydroxyl groups is 2. The SMILES string of the molecule is CCOC(=O)C1CCC(O)(CNCC(O)COC)CC1. The van der Waals surface area contributed by atoms with E-state index in [0.29, 0.717) is 45.4 Å². The maximum Gasteiger partial charge on any atom is 0.308 e. The molecule has 20 heavy (non-hydrogen) atoms. The monoisotopic (exact) mass is 289 g/mol. The highest BCUT2D eigenvalue weighted by Crippen LogP contribution is 2.32. The zero-order valence-electron chi connectivity index (χ0n) is 12.4. The lowest BCUT2D eigenvalue weighted by molar-refractivity contribution is -0.151. The van der Waals surface area contributed by atoms with E-state index in [1.165, 1.54) is 7.11 Å². The number of carbonyl (C=O) groups excluding carboxylic acids is 1. The summed E-state index contributed by atoms with van der Waals surface area (Å²) in [7, 11) is 1.54. The van der Waals surface area contributed by atoms with Gasteiger partial charge in [0.05, 0.1) is 30.8 Å². The van der Waals surface area contributed by atoms with Crippen LogP contribution in [0.1, 0.15) is 32.6 Å². The van der Waals surface area contributed by atoms with Crippen LogP contribution < -0.4 is 5.32 Å². The highest BCUT2D eigenvalue weighted by Gasteiger charge is 2.36. The van der Waals surface area contributed by atoms with Crippen LogP contribution in [-0.4, -0.2) is 61.3 Å². The molecule has 0 bridgehead atoms. The lowest BCUT2D eigenvalue weighted by Gasteiger charge is -2.35. The van der Waals surface area contributed by atoms with Gasteiger partial charge in [-0.25, -0.2) is 0 Å². The molecule has 0 aromatic heterocycles. The first-order valence-electron chi connectivity index (χ1n) is 7.27. The predicted molar refractivity (Wildman–Crippen MR) is 74.3 cm³/mol. The van der Waals surface area contributed by atoms with Crippen LogP contribution >= 0.6 is 0 Å². The molecular weight excluding hydrogens is 262 g/mol. The summed E-state index contributed by atoms with van der Waals surface area (Å²) in [5, 5.41) is 23.0. The van der Waals surface area contributed by atoms with Crippen molar-refractivity contribution in [2.45, 2.75) is 44.3 Å². The molecule has 1 unspecified atom stereocenters. The molecule has 0 heterocycles. The number of esters is 1. The summed E-state index contributed by atoms with van der Waals surface area (Å²) in [6, 6.07) is 0. The zero-order valence-corrected chi connectivity index (χ0v) is 12.4. The van der Waals surface area contributed by atoms with E-state index < -0.39 is 11.7 Å². The maximum atomic E-state index is 11.6. The van der Waals surface area contributed by atoms with Gasteiger partial charge in [-0.3, -0.25) is 4.79 Å². The third kappa shape index (κ3) is 5.75. The average Bonchev–Trinajstić information content (AvgIpc) is 2.40. The van der Waals surface area contributed by atoms with Crippen LogP contribution in [0.25, 0.3) is 0 Å². The number of hydrogen-bond donors (Lipinski definition) is 3. The van der Waals surface area contributed by atoms with E-state index in [9.17, 15) is 15.0 Å². The van der Waals surface area contributed by atoms with Crippen molar-refractivity contribution in [3.8, 4) is 0 Å². The molecule has 6 nitrogen and oxygen atoms in total. The van der Waals surface area contributed by atoms with Gasteiger partial charge in [-0.2, -0.15) is 0 Å². The Kier molecular flexibility index (Phi) is 7.43. The highest BCUT2D eigenvalue weighted by molar-refractivity contribution is 5.72. The van der Waals surface area contributed by atoms with Crippen molar-refractivity contribution < 1.29 is 24.5 Å². The standard InChI is InChI=1S/C14H27NO5/c1-3-20-13(17)11-4-6-14(18,7-5-11)10-15-8-12(16)9-19-2/h11-12,15-16,18H,3-10H2,1-2H3. The van der Waals surface area contributed by atoms with Crippen molar-refractivity contribution in [3.05, 3.63) is 0 Å². The van der Waals surface area contributed by atoms with Crippen LogP contribution in [0.2, 0.25) is 0 Å². The van der Waals surface area contributed by atoms with E-state index >= 15 is 0 Å². The van der Waals surface area contributed by atoms with Crippen LogP contribution in [-0.2, 0) is 14.3 Å². The second kappa shape index (κ2) is 8.56. The minimum atomic E-state index is -0.796. The minimum Gasteiger partial charge on any atom is -0.466 e. The summed E-state index contributed by atoms with van der Waals surface area (Å²) in [4.78, 5) is 11.6. The van der Waals surface area contributed by atoms with Crippen molar-refractivity contribution in [2.24, 2.45) is 5.92 Å². The summed E-state index contributed by atoms with van der Waals surface area (Å²) in [5.74, 6) is -0.243. The minimum absolute atomic E-state index is 0.0886. The fourth-order valence-electron chi connectivity index (χ4n) is 2.55. The van der Waals surface area contributed by atoms with Gasteiger partial charge in [0.25, 0.3) is 0 Å².